The second kappa shape index (κ2) is 6.08. The van der Waals surface area contributed by atoms with Crippen LogP contribution in [0.25, 0.3) is 0 Å². The molecule has 0 spiro atoms. The van der Waals surface area contributed by atoms with Gasteiger partial charge in [0.1, 0.15) is 0 Å². The minimum absolute atomic E-state index is 0.00469. The third-order valence-electron chi connectivity index (χ3n) is 7.76. The summed E-state index contributed by atoms with van der Waals surface area (Å²) in [5.74, 6) is 0.837. The summed E-state index contributed by atoms with van der Waals surface area (Å²) >= 11 is 0. The Bertz CT molecular complexity index is 518. The number of hydrogen-bond donors (Lipinski definition) is 4. The number of allylic oxidation sites excluding steroid dienone is 1. The largest absolute Gasteiger partial charge is 0.396 e. The molecule has 4 heteroatoms. The summed E-state index contributed by atoms with van der Waals surface area (Å²) in [6.45, 7) is 6.41. The van der Waals surface area contributed by atoms with Crippen molar-refractivity contribution < 1.29 is 20.4 Å². The van der Waals surface area contributed by atoms with E-state index in [-0.39, 0.29) is 35.6 Å². The van der Waals surface area contributed by atoms with Gasteiger partial charge in [-0.2, -0.15) is 0 Å². The first-order chi connectivity index (χ1) is 11.2. The molecule has 3 aliphatic carbocycles. The number of hydrogen-bond acceptors (Lipinski definition) is 4. The molecule has 4 nitrogen and oxygen atoms in total. The van der Waals surface area contributed by atoms with Crippen LogP contribution in [0.1, 0.15) is 59.3 Å². The van der Waals surface area contributed by atoms with Crippen LogP contribution < -0.4 is 0 Å². The van der Waals surface area contributed by atoms with Crippen molar-refractivity contribution in [3.8, 4) is 0 Å². The quantitative estimate of drug-likeness (QED) is 0.595. The van der Waals surface area contributed by atoms with Gasteiger partial charge in [-0.25, -0.2) is 0 Å². The molecule has 2 fully saturated rings. The molecule has 1 unspecified atom stereocenters. The molecule has 0 aromatic carbocycles. The molecule has 0 radical (unpaired) electrons. The molecule has 138 valence electrons. The second-order valence-electron chi connectivity index (χ2n) is 9.49. The molecule has 3 rings (SSSR count). The highest BCUT2D eigenvalue weighted by Gasteiger charge is 2.57. The Kier molecular flexibility index (Phi) is 4.66. The summed E-state index contributed by atoms with van der Waals surface area (Å²) in [7, 11) is 0. The summed E-state index contributed by atoms with van der Waals surface area (Å²) in [4.78, 5) is 0. The lowest BCUT2D eigenvalue weighted by Crippen LogP contribution is -2.56. The average Bonchev–Trinajstić information content (AvgIpc) is 2.52. The van der Waals surface area contributed by atoms with Gasteiger partial charge in [-0.1, -0.05) is 32.4 Å². The fourth-order valence-electron chi connectivity index (χ4n) is 6.46. The monoisotopic (exact) mass is 338 g/mol. The van der Waals surface area contributed by atoms with Crippen molar-refractivity contribution in [3.63, 3.8) is 0 Å². The van der Waals surface area contributed by atoms with E-state index in [2.05, 4.69) is 19.9 Å². The first-order valence-corrected chi connectivity index (χ1v) is 9.48. The first-order valence-electron chi connectivity index (χ1n) is 9.48. The zero-order valence-electron chi connectivity index (χ0n) is 15.3. The maximum Gasteiger partial charge on any atom is 0.0858 e. The Hall–Kier alpha value is -0.420. The topological polar surface area (TPSA) is 80.9 Å². The lowest BCUT2D eigenvalue weighted by atomic mass is 9.44. The highest BCUT2D eigenvalue weighted by Crippen LogP contribution is 2.63. The molecule has 7 atom stereocenters. The first kappa shape index (κ1) is 18.4. The minimum Gasteiger partial charge on any atom is -0.396 e. The molecule has 0 heterocycles. The van der Waals surface area contributed by atoms with Gasteiger partial charge in [-0.05, 0) is 61.2 Å². The van der Waals surface area contributed by atoms with Gasteiger partial charge < -0.3 is 20.4 Å². The average molecular weight is 338 g/mol. The van der Waals surface area contributed by atoms with Crippen LogP contribution in [0, 0.1) is 28.1 Å². The van der Waals surface area contributed by atoms with Gasteiger partial charge >= 0.3 is 0 Å². The number of aliphatic hydroxyl groups is 4. The van der Waals surface area contributed by atoms with E-state index in [1.807, 2.05) is 6.92 Å². The molecule has 0 saturated heterocycles. The van der Waals surface area contributed by atoms with E-state index in [1.54, 1.807) is 0 Å². The molecule has 0 aromatic heterocycles. The van der Waals surface area contributed by atoms with E-state index in [1.165, 1.54) is 5.57 Å². The lowest BCUT2D eigenvalue weighted by molar-refractivity contribution is -0.134. The van der Waals surface area contributed by atoms with E-state index < -0.39 is 6.10 Å². The van der Waals surface area contributed by atoms with Crippen LogP contribution in [0.5, 0.6) is 0 Å². The minimum atomic E-state index is -0.712. The molecule has 4 N–H and O–H groups in total. The summed E-state index contributed by atoms with van der Waals surface area (Å²) in [6, 6.07) is 0. The number of rotatable bonds is 3. The number of fused-ring (bicyclic) bond motifs is 3. The van der Waals surface area contributed by atoms with Crippen molar-refractivity contribution in [3.05, 3.63) is 11.6 Å². The molecular weight excluding hydrogens is 304 g/mol. The fourth-order valence-corrected chi connectivity index (χ4v) is 6.46. The van der Waals surface area contributed by atoms with Crippen LogP contribution in [0.4, 0.5) is 0 Å². The van der Waals surface area contributed by atoms with Crippen molar-refractivity contribution in [1.82, 2.24) is 0 Å². The number of aliphatic hydroxyl groups excluding tert-OH is 4. The van der Waals surface area contributed by atoms with Crippen LogP contribution in [0.15, 0.2) is 11.6 Å². The van der Waals surface area contributed by atoms with Crippen LogP contribution in [0.2, 0.25) is 0 Å². The predicted molar refractivity (Wildman–Crippen MR) is 93.3 cm³/mol. The van der Waals surface area contributed by atoms with Gasteiger partial charge in [0.15, 0.2) is 0 Å². The van der Waals surface area contributed by atoms with Gasteiger partial charge in [-0.3, -0.25) is 0 Å². The second-order valence-corrected chi connectivity index (χ2v) is 9.49. The molecule has 0 aliphatic heterocycles. The Morgan fingerprint density at radius 2 is 1.88 bits per heavy atom. The standard InChI is InChI=1S/C20H34O4/c1-18(17(24)11-21)7-6-15-13(8-18)4-5-16-19(2,12-22)9-14(23)10-20(15,16)3/h8,14-17,21-24H,4-7,9-12H2,1-3H3/t14-,15-,16-,17?,18+,19-,20+/m1/s1. The normalized spacial score (nSPS) is 49.8. The van der Waals surface area contributed by atoms with Gasteiger partial charge in [-0.15, -0.1) is 0 Å². The van der Waals surface area contributed by atoms with E-state index in [9.17, 15) is 20.4 Å². The van der Waals surface area contributed by atoms with E-state index in [4.69, 9.17) is 0 Å². The van der Waals surface area contributed by atoms with Gasteiger partial charge in [0.05, 0.1) is 18.8 Å². The zero-order valence-corrected chi connectivity index (χ0v) is 15.3. The molecule has 3 aliphatic rings. The SMILES string of the molecule is C[C@]1(CO)C[C@@H](O)C[C@@]2(C)[C@@H]3CC[C@](C)(C(O)CO)C=C3CC[C@H]12. The smallest absolute Gasteiger partial charge is 0.0858 e. The van der Waals surface area contributed by atoms with E-state index in [0.717, 1.165) is 32.1 Å². The Morgan fingerprint density at radius 3 is 2.50 bits per heavy atom. The van der Waals surface area contributed by atoms with Crippen molar-refractivity contribution in [2.75, 3.05) is 13.2 Å². The van der Waals surface area contributed by atoms with E-state index >= 15 is 0 Å². The maximum absolute atomic E-state index is 10.5. The third kappa shape index (κ3) is 2.66. The highest BCUT2D eigenvalue weighted by molar-refractivity contribution is 5.25. The molecule has 0 amide bonds. The summed E-state index contributed by atoms with van der Waals surface area (Å²) in [5.41, 5.74) is 0.843. The Labute approximate surface area is 145 Å². The molecule has 24 heavy (non-hydrogen) atoms. The maximum atomic E-state index is 10.5. The fraction of sp³-hybridized carbons (Fsp3) is 0.900. The molecule has 2 saturated carbocycles. The van der Waals surface area contributed by atoms with Gasteiger partial charge in [0.25, 0.3) is 0 Å². The lowest BCUT2D eigenvalue weighted by Gasteiger charge is -2.61. The van der Waals surface area contributed by atoms with Crippen molar-refractivity contribution in [2.24, 2.45) is 28.1 Å². The van der Waals surface area contributed by atoms with E-state index in [0.29, 0.717) is 18.3 Å². The van der Waals surface area contributed by atoms with Crippen molar-refractivity contribution in [2.45, 2.75) is 71.5 Å². The van der Waals surface area contributed by atoms with Crippen LogP contribution in [-0.4, -0.2) is 45.8 Å². The van der Waals surface area contributed by atoms with Crippen molar-refractivity contribution >= 4 is 0 Å². The summed E-state index contributed by atoms with van der Waals surface area (Å²) in [5, 5.41) is 40.1. The molecule has 0 aromatic rings. The van der Waals surface area contributed by atoms with Gasteiger partial charge in [0, 0.05) is 12.0 Å². The van der Waals surface area contributed by atoms with Crippen molar-refractivity contribution in [1.29, 1.82) is 0 Å². The van der Waals surface area contributed by atoms with Crippen LogP contribution in [0.3, 0.4) is 0 Å². The molecular formula is C20H34O4. The summed E-state index contributed by atoms with van der Waals surface area (Å²) in [6.07, 6.45) is 6.54. The summed E-state index contributed by atoms with van der Waals surface area (Å²) < 4.78 is 0. The zero-order chi connectivity index (χ0) is 17.8. The highest BCUT2D eigenvalue weighted by atomic mass is 16.3. The van der Waals surface area contributed by atoms with Crippen LogP contribution >= 0.6 is 0 Å². The predicted octanol–water partition coefficient (Wildman–Crippen LogP) is 2.25. The Balaban J connectivity index is 1.95. The third-order valence-corrected chi connectivity index (χ3v) is 7.76. The Morgan fingerprint density at radius 1 is 1.17 bits per heavy atom. The molecule has 0 bridgehead atoms. The van der Waals surface area contributed by atoms with Gasteiger partial charge in [0.2, 0.25) is 0 Å². The van der Waals surface area contributed by atoms with Crippen LogP contribution in [-0.2, 0) is 0 Å².